The monoisotopic (exact) mass is 240 g/mol. The Morgan fingerprint density at radius 1 is 1.35 bits per heavy atom. The summed E-state index contributed by atoms with van der Waals surface area (Å²) in [6.07, 6.45) is 5.61. The Balaban J connectivity index is 1.83. The van der Waals surface area contributed by atoms with E-state index in [1.165, 1.54) is 0 Å². The van der Waals surface area contributed by atoms with E-state index in [4.69, 9.17) is 0 Å². The molecule has 1 heterocycles. The summed E-state index contributed by atoms with van der Waals surface area (Å²) < 4.78 is 0. The molecule has 1 saturated heterocycles. The summed E-state index contributed by atoms with van der Waals surface area (Å²) >= 11 is 0. The molecule has 1 saturated carbocycles. The summed E-state index contributed by atoms with van der Waals surface area (Å²) in [7, 11) is 0. The first-order valence-corrected chi connectivity index (χ1v) is 6.88. The standard InChI is InChI=1S/C13H24N2O2/c1-10(13(17)15-7-2-3-8-15)14-12-6-4-5-11(12)9-16/h10-12,14,16H,2-9H2,1H3. The van der Waals surface area contributed by atoms with Crippen LogP contribution in [0.1, 0.15) is 39.0 Å². The van der Waals surface area contributed by atoms with E-state index < -0.39 is 0 Å². The normalized spacial score (nSPS) is 30.8. The minimum Gasteiger partial charge on any atom is -0.396 e. The average molecular weight is 240 g/mol. The van der Waals surface area contributed by atoms with Gasteiger partial charge in [-0.2, -0.15) is 0 Å². The summed E-state index contributed by atoms with van der Waals surface area (Å²) in [5.74, 6) is 0.565. The first kappa shape index (κ1) is 12.8. The molecular formula is C13H24N2O2. The number of nitrogens with one attached hydrogen (secondary N) is 1. The lowest BCUT2D eigenvalue weighted by atomic mass is 10.0. The number of carbonyl (C=O) groups excluding carboxylic acids is 1. The lowest BCUT2D eigenvalue weighted by molar-refractivity contribution is -0.132. The van der Waals surface area contributed by atoms with Crippen molar-refractivity contribution in [2.24, 2.45) is 5.92 Å². The second-order valence-corrected chi connectivity index (χ2v) is 5.40. The molecule has 0 bridgehead atoms. The van der Waals surface area contributed by atoms with Crippen molar-refractivity contribution in [2.45, 2.75) is 51.1 Å². The zero-order chi connectivity index (χ0) is 12.3. The van der Waals surface area contributed by atoms with Crippen molar-refractivity contribution in [1.82, 2.24) is 10.2 Å². The van der Waals surface area contributed by atoms with E-state index in [0.717, 1.165) is 45.2 Å². The van der Waals surface area contributed by atoms with Crippen LogP contribution < -0.4 is 5.32 Å². The molecule has 1 aliphatic heterocycles. The highest BCUT2D eigenvalue weighted by molar-refractivity contribution is 5.81. The van der Waals surface area contributed by atoms with Crippen molar-refractivity contribution >= 4 is 5.91 Å². The third-order valence-corrected chi connectivity index (χ3v) is 4.15. The summed E-state index contributed by atoms with van der Waals surface area (Å²) in [5, 5.41) is 12.7. The average Bonchev–Trinajstić information content (AvgIpc) is 2.98. The fourth-order valence-electron chi connectivity index (χ4n) is 3.08. The van der Waals surface area contributed by atoms with Crippen LogP contribution in [0.3, 0.4) is 0 Å². The predicted molar refractivity (Wildman–Crippen MR) is 66.6 cm³/mol. The first-order valence-electron chi connectivity index (χ1n) is 6.88. The van der Waals surface area contributed by atoms with E-state index in [2.05, 4.69) is 5.32 Å². The molecule has 3 unspecified atom stereocenters. The van der Waals surface area contributed by atoms with Crippen molar-refractivity contribution in [3.8, 4) is 0 Å². The van der Waals surface area contributed by atoms with Crippen LogP contribution in [0.5, 0.6) is 0 Å². The van der Waals surface area contributed by atoms with E-state index in [1.807, 2.05) is 11.8 Å². The predicted octanol–water partition coefficient (Wildman–Crippen LogP) is 0.748. The van der Waals surface area contributed by atoms with Crippen molar-refractivity contribution in [3.63, 3.8) is 0 Å². The molecule has 2 fully saturated rings. The van der Waals surface area contributed by atoms with Crippen molar-refractivity contribution in [2.75, 3.05) is 19.7 Å². The van der Waals surface area contributed by atoms with Gasteiger partial charge in [0, 0.05) is 25.7 Å². The number of carbonyl (C=O) groups is 1. The Morgan fingerprint density at radius 3 is 2.71 bits per heavy atom. The van der Waals surface area contributed by atoms with Gasteiger partial charge in [-0.05, 0) is 38.5 Å². The Kier molecular flexibility index (Phi) is 4.40. The zero-order valence-corrected chi connectivity index (χ0v) is 10.7. The fourth-order valence-corrected chi connectivity index (χ4v) is 3.08. The highest BCUT2D eigenvalue weighted by atomic mass is 16.3. The summed E-state index contributed by atoms with van der Waals surface area (Å²) in [5.41, 5.74) is 0. The first-order chi connectivity index (χ1) is 8.22. The molecule has 2 rings (SSSR count). The minimum absolute atomic E-state index is 0.106. The molecule has 4 heteroatoms. The smallest absolute Gasteiger partial charge is 0.239 e. The lowest BCUT2D eigenvalue weighted by Crippen LogP contribution is -2.49. The van der Waals surface area contributed by atoms with E-state index in [1.54, 1.807) is 0 Å². The number of rotatable bonds is 4. The third-order valence-electron chi connectivity index (χ3n) is 4.15. The van der Waals surface area contributed by atoms with Crippen LogP contribution in [0.25, 0.3) is 0 Å². The maximum Gasteiger partial charge on any atom is 0.239 e. The van der Waals surface area contributed by atoms with Crippen LogP contribution in [0, 0.1) is 5.92 Å². The van der Waals surface area contributed by atoms with Crippen LogP contribution in [-0.2, 0) is 4.79 Å². The van der Waals surface area contributed by atoms with Crippen LogP contribution >= 0.6 is 0 Å². The Bertz CT molecular complexity index is 264. The van der Waals surface area contributed by atoms with E-state index in [-0.39, 0.29) is 18.6 Å². The SMILES string of the molecule is CC(NC1CCCC1CO)C(=O)N1CCCC1. The molecule has 0 aromatic carbocycles. The number of likely N-dealkylation sites (tertiary alicyclic amines) is 1. The minimum atomic E-state index is -0.106. The van der Waals surface area contributed by atoms with Crippen LogP contribution in [0.15, 0.2) is 0 Å². The highest BCUT2D eigenvalue weighted by Crippen LogP contribution is 2.25. The van der Waals surface area contributed by atoms with Gasteiger partial charge in [-0.15, -0.1) is 0 Å². The van der Waals surface area contributed by atoms with E-state index >= 15 is 0 Å². The van der Waals surface area contributed by atoms with Gasteiger partial charge in [0.15, 0.2) is 0 Å². The molecular weight excluding hydrogens is 216 g/mol. The molecule has 1 aliphatic carbocycles. The number of aliphatic hydroxyl groups excluding tert-OH is 1. The molecule has 98 valence electrons. The van der Waals surface area contributed by atoms with E-state index in [0.29, 0.717) is 12.0 Å². The van der Waals surface area contributed by atoms with Gasteiger partial charge in [0.25, 0.3) is 0 Å². The Morgan fingerprint density at radius 2 is 2.06 bits per heavy atom. The Hall–Kier alpha value is -0.610. The van der Waals surface area contributed by atoms with Gasteiger partial charge >= 0.3 is 0 Å². The summed E-state index contributed by atoms with van der Waals surface area (Å²) in [6, 6.07) is 0.215. The zero-order valence-electron chi connectivity index (χ0n) is 10.7. The van der Waals surface area contributed by atoms with Gasteiger partial charge in [0.05, 0.1) is 6.04 Å². The largest absolute Gasteiger partial charge is 0.396 e. The number of aliphatic hydroxyl groups is 1. The molecule has 0 spiro atoms. The molecule has 0 aromatic heterocycles. The van der Waals surface area contributed by atoms with Crippen molar-refractivity contribution < 1.29 is 9.90 Å². The van der Waals surface area contributed by atoms with Gasteiger partial charge < -0.3 is 15.3 Å². The molecule has 17 heavy (non-hydrogen) atoms. The molecule has 3 atom stereocenters. The van der Waals surface area contributed by atoms with Gasteiger partial charge in [0.2, 0.25) is 5.91 Å². The van der Waals surface area contributed by atoms with Gasteiger partial charge in [-0.3, -0.25) is 4.79 Å². The topological polar surface area (TPSA) is 52.6 Å². The quantitative estimate of drug-likeness (QED) is 0.762. The van der Waals surface area contributed by atoms with Crippen LogP contribution in [0.2, 0.25) is 0 Å². The van der Waals surface area contributed by atoms with E-state index in [9.17, 15) is 9.90 Å². The van der Waals surface area contributed by atoms with Crippen molar-refractivity contribution in [1.29, 1.82) is 0 Å². The molecule has 2 aliphatic rings. The molecule has 0 radical (unpaired) electrons. The third kappa shape index (κ3) is 2.99. The Labute approximate surface area is 103 Å². The van der Waals surface area contributed by atoms with Gasteiger partial charge in [-0.1, -0.05) is 6.42 Å². The second-order valence-electron chi connectivity index (χ2n) is 5.40. The maximum absolute atomic E-state index is 12.1. The fraction of sp³-hybridized carbons (Fsp3) is 0.923. The lowest BCUT2D eigenvalue weighted by Gasteiger charge is -2.26. The van der Waals surface area contributed by atoms with Crippen molar-refractivity contribution in [3.05, 3.63) is 0 Å². The summed E-state index contributed by atoms with van der Waals surface area (Å²) in [6.45, 7) is 4.02. The van der Waals surface area contributed by atoms with Crippen LogP contribution in [-0.4, -0.2) is 47.7 Å². The molecule has 2 N–H and O–H groups in total. The van der Waals surface area contributed by atoms with Gasteiger partial charge in [0.1, 0.15) is 0 Å². The number of hydrogen-bond acceptors (Lipinski definition) is 3. The number of nitrogens with zero attached hydrogens (tertiary/aromatic N) is 1. The summed E-state index contributed by atoms with van der Waals surface area (Å²) in [4.78, 5) is 14.1. The molecule has 1 amide bonds. The second kappa shape index (κ2) is 5.83. The maximum atomic E-state index is 12.1. The highest BCUT2D eigenvalue weighted by Gasteiger charge is 2.30. The number of amides is 1. The molecule has 4 nitrogen and oxygen atoms in total. The van der Waals surface area contributed by atoms with Crippen LogP contribution in [0.4, 0.5) is 0 Å². The number of hydrogen-bond donors (Lipinski definition) is 2. The van der Waals surface area contributed by atoms with Gasteiger partial charge in [-0.25, -0.2) is 0 Å². The molecule has 0 aromatic rings.